The average molecular weight is 367 g/mol. The summed E-state index contributed by atoms with van der Waals surface area (Å²) in [4.78, 5) is 30.5. The molecule has 0 saturated carbocycles. The summed E-state index contributed by atoms with van der Waals surface area (Å²) in [6, 6.07) is 12.7. The predicted octanol–water partition coefficient (Wildman–Crippen LogP) is 3.68. The van der Waals surface area contributed by atoms with Gasteiger partial charge in [-0.3, -0.25) is 14.9 Å². The molecule has 1 N–H and O–H groups in total. The van der Waals surface area contributed by atoms with E-state index in [-0.39, 0.29) is 11.8 Å². The minimum absolute atomic E-state index is 0.130. The minimum Gasteiger partial charge on any atom is -0.494 e. The molecule has 0 unspecified atom stereocenters. The largest absolute Gasteiger partial charge is 0.494 e. The molecule has 4 rings (SSSR count). The van der Waals surface area contributed by atoms with Gasteiger partial charge in [0.1, 0.15) is 11.3 Å². The van der Waals surface area contributed by atoms with Gasteiger partial charge in [-0.2, -0.15) is 0 Å². The fraction of sp³-hybridized carbons (Fsp3) is 0.211. The zero-order chi connectivity index (χ0) is 18.1. The number of hydrogen-bond acceptors (Lipinski definition) is 5. The van der Waals surface area contributed by atoms with Crippen molar-refractivity contribution in [1.82, 2.24) is 4.98 Å². The summed E-state index contributed by atoms with van der Waals surface area (Å²) in [6.07, 6.45) is 1.46. The number of amides is 2. The van der Waals surface area contributed by atoms with Gasteiger partial charge in [-0.25, -0.2) is 4.98 Å². The highest BCUT2D eigenvalue weighted by Gasteiger charge is 2.21. The molecular formula is C19H17N3O3S. The van der Waals surface area contributed by atoms with E-state index in [2.05, 4.69) is 10.3 Å². The van der Waals surface area contributed by atoms with Crippen molar-refractivity contribution < 1.29 is 14.3 Å². The maximum Gasteiger partial charge on any atom is 0.257 e. The number of carbonyl (C=O) groups excluding carboxylic acids is 2. The lowest BCUT2D eigenvalue weighted by atomic mass is 10.2. The number of anilines is 2. The Hall–Kier alpha value is -2.93. The summed E-state index contributed by atoms with van der Waals surface area (Å²) in [6.45, 7) is 0.734. The maximum absolute atomic E-state index is 12.5. The van der Waals surface area contributed by atoms with E-state index < -0.39 is 0 Å². The lowest BCUT2D eigenvalue weighted by Gasteiger charge is -2.15. The van der Waals surface area contributed by atoms with Crippen molar-refractivity contribution in [3.63, 3.8) is 0 Å². The molecule has 2 aromatic carbocycles. The SMILES string of the molecule is COc1cccc2sc(NC(=O)c3ccc(N4CCCC4=O)cc3)nc12. The number of para-hydroxylation sites is 1. The number of fused-ring (bicyclic) bond motifs is 1. The topological polar surface area (TPSA) is 71.5 Å². The molecule has 0 bridgehead atoms. The number of carbonyl (C=O) groups is 2. The molecule has 2 heterocycles. The predicted molar refractivity (Wildman–Crippen MR) is 102 cm³/mol. The molecule has 0 aliphatic carbocycles. The highest BCUT2D eigenvalue weighted by molar-refractivity contribution is 7.22. The highest BCUT2D eigenvalue weighted by Crippen LogP contribution is 2.32. The first-order chi connectivity index (χ1) is 12.7. The van der Waals surface area contributed by atoms with Crippen LogP contribution in [0, 0.1) is 0 Å². The van der Waals surface area contributed by atoms with Crippen LogP contribution in [-0.2, 0) is 4.79 Å². The summed E-state index contributed by atoms with van der Waals surface area (Å²) >= 11 is 1.40. The molecule has 26 heavy (non-hydrogen) atoms. The number of benzene rings is 2. The molecule has 1 saturated heterocycles. The van der Waals surface area contributed by atoms with Crippen molar-refractivity contribution in [2.75, 3.05) is 23.9 Å². The van der Waals surface area contributed by atoms with Gasteiger partial charge in [-0.05, 0) is 42.8 Å². The van der Waals surface area contributed by atoms with E-state index in [9.17, 15) is 9.59 Å². The molecule has 1 aromatic heterocycles. The Bertz CT molecular complexity index is 981. The van der Waals surface area contributed by atoms with Crippen LogP contribution in [0.5, 0.6) is 5.75 Å². The van der Waals surface area contributed by atoms with Gasteiger partial charge >= 0.3 is 0 Å². The van der Waals surface area contributed by atoms with Crippen molar-refractivity contribution in [3.8, 4) is 5.75 Å². The van der Waals surface area contributed by atoms with E-state index >= 15 is 0 Å². The molecule has 0 radical (unpaired) electrons. The standard InChI is InChI=1S/C19H17N3O3S/c1-25-14-4-2-5-15-17(14)20-19(26-15)21-18(24)12-7-9-13(10-8-12)22-11-3-6-16(22)23/h2,4-5,7-10H,3,6,11H2,1H3,(H,20,21,24). The average Bonchev–Trinajstić information content (AvgIpc) is 3.27. The van der Waals surface area contributed by atoms with E-state index in [1.54, 1.807) is 36.3 Å². The smallest absolute Gasteiger partial charge is 0.257 e. The Morgan fingerprint density at radius 3 is 2.73 bits per heavy atom. The number of aromatic nitrogens is 1. The van der Waals surface area contributed by atoms with Crippen molar-refractivity contribution in [2.45, 2.75) is 12.8 Å². The third-order valence-electron chi connectivity index (χ3n) is 4.34. The van der Waals surface area contributed by atoms with Crippen LogP contribution in [0.15, 0.2) is 42.5 Å². The summed E-state index contributed by atoms with van der Waals surface area (Å²) in [7, 11) is 1.60. The normalized spacial score (nSPS) is 14.0. The summed E-state index contributed by atoms with van der Waals surface area (Å²) < 4.78 is 6.25. The van der Waals surface area contributed by atoms with Crippen molar-refractivity contribution in [1.29, 1.82) is 0 Å². The molecule has 2 amide bonds. The lowest BCUT2D eigenvalue weighted by Crippen LogP contribution is -2.23. The number of thiazole rings is 1. The van der Waals surface area contributed by atoms with Crippen LogP contribution in [0.4, 0.5) is 10.8 Å². The fourth-order valence-corrected chi connectivity index (χ4v) is 3.90. The van der Waals surface area contributed by atoms with Crippen LogP contribution in [0.1, 0.15) is 23.2 Å². The third-order valence-corrected chi connectivity index (χ3v) is 5.27. The molecule has 3 aromatic rings. The highest BCUT2D eigenvalue weighted by atomic mass is 32.1. The third kappa shape index (κ3) is 3.01. The van der Waals surface area contributed by atoms with Gasteiger partial charge in [-0.15, -0.1) is 0 Å². The Balaban J connectivity index is 1.52. The maximum atomic E-state index is 12.5. The summed E-state index contributed by atoms with van der Waals surface area (Å²) in [5.74, 6) is 0.576. The van der Waals surface area contributed by atoms with Crippen LogP contribution >= 0.6 is 11.3 Å². The Labute approximate surface area is 154 Å². The number of hydrogen-bond donors (Lipinski definition) is 1. The molecule has 1 aliphatic rings. The summed E-state index contributed by atoms with van der Waals surface area (Å²) in [5.41, 5.74) is 2.08. The van der Waals surface area contributed by atoms with Gasteiger partial charge in [0.05, 0.1) is 11.8 Å². The Morgan fingerprint density at radius 1 is 1.23 bits per heavy atom. The molecule has 7 heteroatoms. The number of nitrogens with zero attached hydrogens (tertiary/aromatic N) is 2. The van der Waals surface area contributed by atoms with Crippen LogP contribution in [0.2, 0.25) is 0 Å². The van der Waals surface area contributed by atoms with Gasteiger partial charge in [0, 0.05) is 24.2 Å². The molecule has 0 atom stereocenters. The lowest BCUT2D eigenvalue weighted by molar-refractivity contribution is -0.117. The first-order valence-corrected chi connectivity index (χ1v) is 9.12. The van der Waals surface area contributed by atoms with Gasteiger partial charge in [-0.1, -0.05) is 17.4 Å². The zero-order valence-electron chi connectivity index (χ0n) is 14.2. The van der Waals surface area contributed by atoms with E-state index in [1.165, 1.54) is 11.3 Å². The number of rotatable bonds is 4. The molecule has 6 nitrogen and oxygen atoms in total. The van der Waals surface area contributed by atoms with E-state index in [0.717, 1.165) is 28.9 Å². The van der Waals surface area contributed by atoms with E-state index in [0.29, 0.717) is 22.9 Å². The number of methoxy groups -OCH3 is 1. The second-order valence-corrected chi connectivity index (χ2v) is 7.01. The molecule has 132 valence electrons. The first kappa shape index (κ1) is 16.5. The van der Waals surface area contributed by atoms with Gasteiger partial charge < -0.3 is 9.64 Å². The molecule has 0 spiro atoms. The number of nitrogens with one attached hydrogen (secondary N) is 1. The second kappa shape index (κ2) is 6.76. The van der Waals surface area contributed by atoms with E-state index in [1.807, 2.05) is 18.2 Å². The van der Waals surface area contributed by atoms with Gasteiger partial charge in [0.15, 0.2) is 5.13 Å². The van der Waals surface area contributed by atoms with Gasteiger partial charge in [0.2, 0.25) is 5.91 Å². The van der Waals surface area contributed by atoms with Crippen LogP contribution < -0.4 is 15.0 Å². The van der Waals surface area contributed by atoms with Crippen LogP contribution in [0.3, 0.4) is 0 Å². The van der Waals surface area contributed by atoms with Crippen molar-refractivity contribution >= 4 is 44.2 Å². The molecular weight excluding hydrogens is 350 g/mol. The second-order valence-electron chi connectivity index (χ2n) is 5.98. The monoisotopic (exact) mass is 367 g/mol. The van der Waals surface area contributed by atoms with E-state index in [4.69, 9.17) is 4.74 Å². The number of ether oxygens (including phenoxy) is 1. The quantitative estimate of drug-likeness (QED) is 0.763. The zero-order valence-corrected chi connectivity index (χ0v) is 15.0. The first-order valence-electron chi connectivity index (χ1n) is 8.31. The molecule has 1 aliphatic heterocycles. The minimum atomic E-state index is -0.234. The van der Waals surface area contributed by atoms with Crippen LogP contribution in [0.25, 0.3) is 10.2 Å². The Kier molecular flexibility index (Phi) is 4.30. The van der Waals surface area contributed by atoms with Crippen molar-refractivity contribution in [3.05, 3.63) is 48.0 Å². The van der Waals surface area contributed by atoms with Crippen LogP contribution in [-0.4, -0.2) is 30.5 Å². The fourth-order valence-electron chi connectivity index (χ4n) is 3.02. The summed E-state index contributed by atoms with van der Waals surface area (Å²) in [5, 5.41) is 3.35. The Morgan fingerprint density at radius 2 is 2.04 bits per heavy atom. The van der Waals surface area contributed by atoms with Crippen molar-refractivity contribution in [2.24, 2.45) is 0 Å². The molecule has 1 fully saturated rings. The van der Waals surface area contributed by atoms with Gasteiger partial charge in [0.25, 0.3) is 5.91 Å².